The standard InChI is InChI=1S/C37H31NO5/c38-34(35(39)43-36(40)41-24-33-31-22-12-10-20-29(31)30-21-11-13-23-32(30)33)25-42-37(26-14-4-1-5-15-26,27-16-6-2-7-17-27)28-18-8-3-9-19-28/h1-23,33-34H,24-25,38H2/t34-/m0/s1. The van der Waals surface area contributed by atoms with E-state index in [0.717, 1.165) is 38.9 Å². The third kappa shape index (κ3) is 5.58. The first-order chi connectivity index (χ1) is 21.1. The molecule has 0 saturated carbocycles. The summed E-state index contributed by atoms with van der Waals surface area (Å²) in [6, 6.07) is 44.0. The highest BCUT2D eigenvalue weighted by molar-refractivity contribution is 5.85. The number of carbonyl (C=O) groups excluding carboxylic acids is 2. The number of carbonyl (C=O) groups is 2. The molecule has 0 spiro atoms. The molecule has 0 unspecified atom stereocenters. The molecule has 0 radical (unpaired) electrons. The number of hydrogen-bond donors (Lipinski definition) is 1. The second-order valence-electron chi connectivity index (χ2n) is 10.4. The Kier molecular flexibility index (Phi) is 8.13. The molecular weight excluding hydrogens is 538 g/mol. The predicted octanol–water partition coefficient (Wildman–Crippen LogP) is 6.81. The highest BCUT2D eigenvalue weighted by Crippen LogP contribution is 2.44. The summed E-state index contributed by atoms with van der Waals surface area (Å²) in [6.45, 7) is -0.181. The summed E-state index contributed by atoms with van der Waals surface area (Å²) in [5.41, 5.74) is 12.1. The van der Waals surface area contributed by atoms with E-state index in [1.807, 2.05) is 127 Å². The lowest BCUT2D eigenvalue weighted by molar-refractivity contribution is -0.144. The van der Waals surface area contributed by atoms with Gasteiger partial charge in [0.1, 0.15) is 18.2 Å². The maximum Gasteiger partial charge on any atom is 0.516 e. The van der Waals surface area contributed by atoms with E-state index in [0.29, 0.717) is 0 Å². The molecule has 6 nitrogen and oxygen atoms in total. The van der Waals surface area contributed by atoms with Gasteiger partial charge in [-0.25, -0.2) is 9.59 Å². The summed E-state index contributed by atoms with van der Waals surface area (Å²) in [4.78, 5) is 25.6. The molecule has 0 aromatic heterocycles. The number of ether oxygens (including phenoxy) is 3. The molecule has 1 aliphatic carbocycles. The van der Waals surface area contributed by atoms with Crippen LogP contribution in [0.25, 0.3) is 11.1 Å². The smallest absolute Gasteiger partial charge is 0.433 e. The molecule has 6 heteroatoms. The van der Waals surface area contributed by atoms with E-state index in [4.69, 9.17) is 19.9 Å². The van der Waals surface area contributed by atoms with Crippen LogP contribution in [-0.2, 0) is 24.6 Å². The van der Waals surface area contributed by atoms with Crippen LogP contribution in [0.5, 0.6) is 0 Å². The van der Waals surface area contributed by atoms with E-state index in [1.54, 1.807) is 0 Å². The summed E-state index contributed by atoms with van der Waals surface area (Å²) in [5.74, 6) is -1.09. The molecule has 43 heavy (non-hydrogen) atoms. The molecule has 5 aromatic carbocycles. The van der Waals surface area contributed by atoms with Crippen LogP contribution in [0, 0.1) is 0 Å². The van der Waals surface area contributed by atoms with Gasteiger partial charge in [0.05, 0.1) is 6.61 Å². The fraction of sp³-hybridized carbons (Fsp3) is 0.135. The molecule has 0 fully saturated rings. The largest absolute Gasteiger partial charge is 0.516 e. The van der Waals surface area contributed by atoms with Gasteiger partial charge in [-0.1, -0.05) is 140 Å². The van der Waals surface area contributed by atoms with Gasteiger partial charge in [-0.05, 0) is 38.9 Å². The Hall–Kier alpha value is -5.04. The van der Waals surface area contributed by atoms with Crippen LogP contribution in [0.2, 0.25) is 0 Å². The molecule has 0 heterocycles. The first kappa shape index (κ1) is 28.1. The van der Waals surface area contributed by atoms with Gasteiger partial charge in [0.25, 0.3) is 0 Å². The molecule has 2 N–H and O–H groups in total. The zero-order valence-electron chi connectivity index (χ0n) is 23.5. The zero-order valence-corrected chi connectivity index (χ0v) is 23.5. The van der Waals surface area contributed by atoms with Gasteiger partial charge >= 0.3 is 12.1 Å². The lowest BCUT2D eigenvalue weighted by Gasteiger charge is -2.36. The second kappa shape index (κ2) is 12.4. The van der Waals surface area contributed by atoms with Crippen LogP contribution in [0.15, 0.2) is 140 Å². The lowest BCUT2D eigenvalue weighted by atomic mass is 9.80. The Morgan fingerprint density at radius 2 is 1.05 bits per heavy atom. The highest BCUT2D eigenvalue weighted by Gasteiger charge is 2.39. The number of esters is 1. The fourth-order valence-corrected chi connectivity index (χ4v) is 5.83. The number of fused-ring (bicyclic) bond motifs is 3. The third-order valence-corrected chi connectivity index (χ3v) is 7.84. The quantitative estimate of drug-likeness (QED) is 0.119. The number of hydrogen-bond acceptors (Lipinski definition) is 6. The van der Waals surface area contributed by atoms with Gasteiger partial charge < -0.3 is 19.9 Å². The Morgan fingerprint density at radius 3 is 1.51 bits per heavy atom. The summed E-state index contributed by atoms with van der Waals surface area (Å²) >= 11 is 0. The molecule has 1 aliphatic rings. The normalized spacial score (nSPS) is 13.0. The van der Waals surface area contributed by atoms with Gasteiger partial charge in [0.15, 0.2) is 0 Å². The molecule has 0 saturated heterocycles. The van der Waals surface area contributed by atoms with Crippen LogP contribution in [0.4, 0.5) is 4.79 Å². The van der Waals surface area contributed by atoms with Crippen LogP contribution in [0.1, 0.15) is 33.7 Å². The van der Waals surface area contributed by atoms with Gasteiger partial charge in [0, 0.05) is 5.92 Å². The van der Waals surface area contributed by atoms with E-state index in [-0.39, 0.29) is 19.1 Å². The van der Waals surface area contributed by atoms with Crippen LogP contribution in [-0.4, -0.2) is 31.4 Å². The van der Waals surface area contributed by atoms with E-state index in [1.165, 1.54) is 0 Å². The van der Waals surface area contributed by atoms with Crippen molar-refractivity contribution in [2.45, 2.75) is 17.6 Å². The highest BCUT2D eigenvalue weighted by atomic mass is 16.7. The van der Waals surface area contributed by atoms with E-state index >= 15 is 0 Å². The average molecular weight is 570 g/mol. The van der Waals surface area contributed by atoms with Crippen molar-refractivity contribution >= 4 is 12.1 Å². The van der Waals surface area contributed by atoms with Gasteiger partial charge in [-0.15, -0.1) is 0 Å². The maximum atomic E-state index is 12.9. The molecular formula is C37H31NO5. The van der Waals surface area contributed by atoms with E-state index in [2.05, 4.69) is 12.1 Å². The minimum Gasteiger partial charge on any atom is -0.433 e. The van der Waals surface area contributed by atoms with Crippen molar-refractivity contribution in [1.82, 2.24) is 0 Å². The van der Waals surface area contributed by atoms with Crippen LogP contribution < -0.4 is 5.73 Å². The number of benzene rings is 5. The van der Waals surface area contributed by atoms with Gasteiger partial charge in [-0.2, -0.15) is 0 Å². The average Bonchev–Trinajstić information content (AvgIpc) is 3.39. The zero-order chi connectivity index (χ0) is 29.6. The fourth-order valence-electron chi connectivity index (χ4n) is 5.83. The molecule has 0 aliphatic heterocycles. The molecule has 6 rings (SSSR count). The first-order valence-electron chi connectivity index (χ1n) is 14.2. The van der Waals surface area contributed by atoms with Gasteiger partial charge in [0.2, 0.25) is 0 Å². The SMILES string of the molecule is N[C@@H](COC(c1ccccc1)(c1ccccc1)c1ccccc1)C(=O)OC(=O)OCC1c2ccccc2-c2ccccc21. The van der Waals surface area contributed by atoms with Crippen molar-refractivity contribution < 1.29 is 23.8 Å². The van der Waals surface area contributed by atoms with E-state index in [9.17, 15) is 9.59 Å². The lowest BCUT2D eigenvalue weighted by Crippen LogP contribution is -2.42. The third-order valence-electron chi connectivity index (χ3n) is 7.84. The van der Waals surface area contributed by atoms with E-state index < -0.39 is 23.8 Å². The summed E-state index contributed by atoms with van der Waals surface area (Å²) in [6.07, 6.45) is -1.09. The summed E-state index contributed by atoms with van der Waals surface area (Å²) < 4.78 is 17.1. The molecule has 1 atom stereocenters. The Labute approximate surface area is 250 Å². The van der Waals surface area contributed by atoms with Crippen molar-refractivity contribution in [3.63, 3.8) is 0 Å². The number of nitrogens with two attached hydrogens (primary N) is 1. The maximum absolute atomic E-state index is 12.9. The minimum atomic E-state index is -1.24. The Morgan fingerprint density at radius 1 is 0.628 bits per heavy atom. The molecule has 5 aromatic rings. The van der Waals surface area contributed by atoms with Crippen molar-refractivity contribution in [2.24, 2.45) is 5.73 Å². The Balaban J connectivity index is 1.16. The van der Waals surface area contributed by atoms with Crippen molar-refractivity contribution in [3.05, 3.63) is 167 Å². The van der Waals surface area contributed by atoms with Gasteiger partial charge in [-0.3, -0.25) is 0 Å². The van der Waals surface area contributed by atoms with Crippen molar-refractivity contribution in [2.75, 3.05) is 13.2 Å². The predicted molar refractivity (Wildman–Crippen MR) is 164 cm³/mol. The molecule has 0 amide bonds. The second-order valence-corrected chi connectivity index (χ2v) is 10.4. The monoisotopic (exact) mass is 569 g/mol. The topological polar surface area (TPSA) is 87.9 Å². The van der Waals surface area contributed by atoms with Crippen molar-refractivity contribution in [1.29, 1.82) is 0 Å². The number of rotatable bonds is 9. The summed E-state index contributed by atoms with van der Waals surface area (Å²) in [7, 11) is 0. The van der Waals surface area contributed by atoms with Crippen molar-refractivity contribution in [3.8, 4) is 11.1 Å². The van der Waals surface area contributed by atoms with Crippen LogP contribution in [0.3, 0.4) is 0 Å². The molecule has 214 valence electrons. The minimum absolute atomic E-state index is 0.0327. The Bertz CT molecular complexity index is 1560. The first-order valence-corrected chi connectivity index (χ1v) is 14.2. The molecule has 0 bridgehead atoms. The van der Waals surface area contributed by atoms with Crippen LogP contribution >= 0.6 is 0 Å². The summed E-state index contributed by atoms with van der Waals surface area (Å²) in [5, 5.41) is 0.